The van der Waals surface area contributed by atoms with Crippen molar-refractivity contribution in [3.05, 3.63) is 59.3 Å². The highest BCUT2D eigenvalue weighted by molar-refractivity contribution is 5.94. The Labute approximate surface area is 110 Å². The highest BCUT2D eigenvalue weighted by atomic mass is 16.1. The van der Waals surface area contributed by atoms with Crippen molar-refractivity contribution in [2.75, 3.05) is 5.73 Å². The molecule has 5 nitrogen and oxygen atoms in total. The van der Waals surface area contributed by atoms with Gasteiger partial charge in [0.2, 0.25) is 0 Å². The van der Waals surface area contributed by atoms with E-state index in [9.17, 15) is 4.79 Å². The van der Waals surface area contributed by atoms with Gasteiger partial charge in [0.05, 0.1) is 11.6 Å². The number of nitrogens with zero attached hydrogens (tertiary/aromatic N) is 2. The lowest BCUT2D eigenvalue weighted by molar-refractivity contribution is 0.0951. The minimum atomic E-state index is -0.225. The molecular formula is C14H12N4O. The van der Waals surface area contributed by atoms with Gasteiger partial charge in [0.15, 0.2) is 0 Å². The van der Waals surface area contributed by atoms with Gasteiger partial charge in [-0.15, -0.1) is 0 Å². The molecule has 0 saturated carbocycles. The second-order valence-corrected chi connectivity index (χ2v) is 3.96. The number of amides is 1. The number of pyridine rings is 1. The molecule has 0 aliphatic heterocycles. The zero-order chi connectivity index (χ0) is 13.7. The van der Waals surface area contributed by atoms with Crippen molar-refractivity contribution in [2.45, 2.75) is 6.54 Å². The Kier molecular flexibility index (Phi) is 3.74. The minimum Gasteiger partial charge on any atom is -0.384 e. The number of carbonyl (C=O) groups excluding carboxylic acids is 1. The van der Waals surface area contributed by atoms with Gasteiger partial charge >= 0.3 is 0 Å². The summed E-state index contributed by atoms with van der Waals surface area (Å²) < 4.78 is 0. The number of nitriles is 1. The van der Waals surface area contributed by atoms with Gasteiger partial charge in [-0.2, -0.15) is 5.26 Å². The van der Waals surface area contributed by atoms with Gasteiger partial charge in [-0.25, -0.2) is 4.98 Å². The summed E-state index contributed by atoms with van der Waals surface area (Å²) in [6, 6.07) is 12.3. The number of rotatable bonds is 3. The molecule has 1 heterocycles. The first-order valence-corrected chi connectivity index (χ1v) is 5.68. The Bertz CT molecular complexity index is 646. The largest absolute Gasteiger partial charge is 0.384 e. The first kappa shape index (κ1) is 12.6. The van der Waals surface area contributed by atoms with Gasteiger partial charge < -0.3 is 11.1 Å². The second-order valence-electron chi connectivity index (χ2n) is 3.96. The van der Waals surface area contributed by atoms with Crippen LogP contribution < -0.4 is 11.1 Å². The van der Waals surface area contributed by atoms with Gasteiger partial charge in [-0.3, -0.25) is 4.79 Å². The van der Waals surface area contributed by atoms with Crippen LogP contribution in [0.1, 0.15) is 21.5 Å². The maximum Gasteiger partial charge on any atom is 0.251 e. The van der Waals surface area contributed by atoms with E-state index in [2.05, 4.69) is 16.4 Å². The lowest BCUT2D eigenvalue weighted by Gasteiger charge is -2.06. The molecule has 0 radical (unpaired) electrons. The van der Waals surface area contributed by atoms with Crippen LogP contribution in [0.25, 0.3) is 0 Å². The third kappa shape index (κ3) is 3.30. The van der Waals surface area contributed by atoms with E-state index < -0.39 is 0 Å². The van der Waals surface area contributed by atoms with E-state index in [1.807, 2.05) is 6.07 Å². The summed E-state index contributed by atoms with van der Waals surface area (Å²) in [6.07, 6.45) is 1.49. The van der Waals surface area contributed by atoms with Crippen molar-refractivity contribution >= 4 is 11.7 Å². The number of hydrogen-bond donors (Lipinski definition) is 2. The van der Waals surface area contributed by atoms with Crippen LogP contribution in [-0.2, 0) is 6.54 Å². The zero-order valence-electron chi connectivity index (χ0n) is 10.1. The van der Waals surface area contributed by atoms with Crippen LogP contribution in [0.2, 0.25) is 0 Å². The van der Waals surface area contributed by atoms with E-state index in [4.69, 9.17) is 11.0 Å². The first-order chi connectivity index (χ1) is 9.19. The molecule has 5 heteroatoms. The normalized spacial score (nSPS) is 9.63. The van der Waals surface area contributed by atoms with Crippen LogP contribution in [0.3, 0.4) is 0 Å². The highest BCUT2D eigenvalue weighted by Crippen LogP contribution is 2.06. The molecular weight excluding hydrogens is 240 g/mol. The average molecular weight is 252 g/mol. The predicted molar refractivity (Wildman–Crippen MR) is 71.0 cm³/mol. The number of nitrogens with two attached hydrogens (primary N) is 1. The SMILES string of the molecule is N#Cc1cccc(CNC(=O)c2ccnc(N)c2)c1. The molecule has 94 valence electrons. The molecule has 1 aromatic heterocycles. The summed E-state index contributed by atoms with van der Waals surface area (Å²) in [7, 11) is 0. The smallest absolute Gasteiger partial charge is 0.251 e. The Morgan fingerprint density at radius 3 is 2.95 bits per heavy atom. The second kappa shape index (κ2) is 5.65. The Hall–Kier alpha value is -2.87. The van der Waals surface area contributed by atoms with E-state index in [-0.39, 0.29) is 5.91 Å². The van der Waals surface area contributed by atoms with Crippen LogP contribution in [0, 0.1) is 11.3 Å². The summed E-state index contributed by atoms with van der Waals surface area (Å²) in [5.74, 6) is 0.0792. The van der Waals surface area contributed by atoms with E-state index in [1.54, 1.807) is 24.3 Å². The molecule has 1 amide bonds. The highest BCUT2D eigenvalue weighted by Gasteiger charge is 2.05. The maximum absolute atomic E-state index is 11.9. The monoisotopic (exact) mass is 252 g/mol. The van der Waals surface area contributed by atoms with Crippen molar-refractivity contribution in [1.82, 2.24) is 10.3 Å². The van der Waals surface area contributed by atoms with Gasteiger partial charge in [-0.1, -0.05) is 12.1 Å². The summed E-state index contributed by atoms with van der Waals surface area (Å²) in [5, 5.41) is 11.6. The number of nitrogens with one attached hydrogen (secondary N) is 1. The summed E-state index contributed by atoms with van der Waals surface area (Å²) in [6.45, 7) is 0.358. The molecule has 2 aromatic rings. The quantitative estimate of drug-likeness (QED) is 0.865. The van der Waals surface area contributed by atoms with Crippen molar-refractivity contribution in [3.63, 3.8) is 0 Å². The molecule has 0 bridgehead atoms. The Morgan fingerprint density at radius 1 is 1.37 bits per heavy atom. The van der Waals surface area contributed by atoms with Crippen molar-refractivity contribution in [3.8, 4) is 6.07 Å². The fourth-order valence-corrected chi connectivity index (χ4v) is 1.62. The average Bonchev–Trinajstić information content (AvgIpc) is 2.45. The van der Waals surface area contributed by atoms with Gasteiger partial charge in [0, 0.05) is 18.3 Å². The van der Waals surface area contributed by atoms with Crippen LogP contribution in [0.5, 0.6) is 0 Å². The summed E-state index contributed by atoms with van der Waals surface area (Å²) in [5.41, 5.74) is 7.42. The van der Waals surface area contributed by atoms with Gasteiger partial charge in [-0.05, 0) is 29.8 Å². The minimum absolute atomic E-state index is 0.225. The molecule has 0 aliphatic carbocycles. The lowest BCUT2D eigenvalue weighted by Crippen LogP contribution is -2.23. The number of carbonyl (C=O) groups is 1. The number of aromatic nitrogens is 1. The van der Waals surface area contributed by atoms with E-state index in [0.717, 1.165) is 5.56 Å². The molecule has 0 saturated heterocycles. The third-order valence-corrected chi connectivity index (χ3v) is 2.55. The van der Waals surface area contributed by atoms with Gasteiger partial charge in [0.25, 0.3) is 5.91 Å². The van der Waals surface area contributed by atoms with E-state index in [1.165, 1.54) is 12.3 Å². The van der Waals surface area contributed by atoms with Crippen molar-refractivity contribution in [1.29, 1.82) is 5.26 Å². The third-order valence-electron chi connectivity index (χ3n) is 2.55. The van der Waals surface area contributed by atoms with E-state index in [0.29, 0.717) is 23.5 Å². The van der Waals surface area contributed by atoms with Gasteiger partial charge in [0.1, 0.15) is 5.82 Å². The molecule has 0 fully saturated rings. The molecule has 0 atom stereocenters. The summed E-state index contributed by atoms with van der Waals surface area (Å²) >= 11 is 0. The fourth-order valence-electron chi connectivity index (χ4n) is 1.62. The fraction of sp³-hybridized carbons (Fsp3) is 0.0714. The van der Waals surface area contributed by atoms with Crippen molar-refractivity contribution < 1.29 is 4.79 Å². The molecule has 0 spiro atoms. The van der Waals surface area contributed by atoms with Crippen LogP contribution in [0.15, 0.2) is 42.6 Å². The summed E-state index contributed by atoms with van der Waals surface area (Å²) in [4.78, 5) is 15.7. The van der Waals surface area contributed by atoms with E-state index >= 15 is 0 Å². The lowest BCUT2D eigenvalue weighted by atomic mass is 10.1. The Morgan fingerprint density at radius 2 is 2.21 bits per heavy atom. The Balaban J connectivity index is 2.02. The molecule has 0 unspecified atom stereocenters. The standard InChI is InChI=1S/C14H12N4O/c15-8-10-2-1-3-11(6-10)9-18-14(19)12-4-5-17-13(16)7-12/h1-7H,9H2,(H2,16,17)(H,18,19). The topological polar surface area (TPSA) is 91.8 Å². The molecule has 1 aromatic carbocycles. The number of anilines is 1. The number of benzene rings is 1. The number of hydrogen-bond acceptors (Lipinski definition) is 4. The van der Waals surface area contributed by atoms with Crippen LogP contribution in [-0.4, -0.2) is 10.9 Å². The molecule has 0 aliphatic rings. The maximum atomic E-state index is 11.9. The molecule has 19 heavy (non-hydrogen) atoms. The van der Waals surface area contributed by atoms with Crippen molar-refractivity contribution in [2.24, 2.45) is 0 Å². The first-order valence-electron chi connectivity index (χ1n) is 5.68. The number of nitrogen functional groups attached to an aromatic ring is 1. The van der Waals surface area contributed by atoms with Crippen LogP contribution >= 0.6 is 0 Å². The molecule has 2 rings (SSSR count). The predicted octanol–water partition coefficient (Wildman–Crippen LogP) is 1.47. The zero-order valence-corrected chi connectivity index (χ0v) is 10.1. The molecule has 3 N–H and O–H groups in total. The van der Waals surface area contributed by atoms with Crippen LogP contribution in [0.4, 0.5) is 5.82 Å².